The van der Waals surface area contributed by atoms with E-state index in [1.807, 2.05) is 19.2 Å². The molecule has 2 aliphatic heterocycles. The van der Waals surface area contributed by atoms with Crippen LogP contribution in [-0.2, 0) is 10.1 Å². The first-order valence-corrected chi connectivity index (χ1v) is 14.4. The predicted molar refractivity (Wildman–Crippen MR) is 144 cm³/mol. The quantitative estimate of drug-likeness (QED) is 0.321. The molecule has 0 amide bonds. The van der Waals surface area contributed by atoms with E-state index in [0.29, 0.717) is 18.2 Å². The Kier molecular flexibility index (Phi) is 7.12. The smallest absolute Gasteiger partial charge is 0.294 e. The highest BCUT2D eigenvalue weighted by atomic mass is 32.2. The Hall–Kier alpha value is -2.78. The summed E-state index contributed by atoms with van der Waals surface area (Å²) in [5, 5.41) is 3.43. The Morgan fingerprint density at radius 2 is 1.67 bits per heavy atom. The van der Waals surface area contributed by atoms with Crippen LogP contribution in [0.1, 0.15) is 31.2 Å². The first-order chi connectivity index (χ1) is 17.3. The third kappa shape index (κ3) is 5.62. The van der Waals surface area contributed by atoms with Gasteiger partial charge in [0.05, 0.1) is 4.90 Å². The van der Waals surface area contributed by atoms with Gasteiger partial charge >= 0.3 is 0 Å². The number of aromatic nitrogens is 1. The van der Waals surface area contributed by atoms with Crippen LogP contribution in [0.2, 0.25) is 0 Å². The van der Waals surface area contributed by atoms with E-state index >= 15 is 0 Å². The molecule has 2 aromatic heterocycles. The number of hydrogen-bond donors (Lipinski definition) is 1. The number of piperidine rings is 1. The minimum atomic E-state index is -4.02. The molecule has 2 aromatic carbocycles. The Balaban J connectivity index is 0.000000205. The summed E-state index contributed by atoms with van der Waals surface area (Å²) in [6.07, 6.45) is 7.15. The average Bonchev–Trinajstić information content (AvgIpc) is 3.39. The van der Waals surface area contributed by atoms with Crippen LogP contribution in [0.15, 0.2) is 77.1 Å². The molecule has 188 valence electrons. The maximum absolute atomic E-state index is 10.5. The van der Waals surface area contributed by atoms with E-state index in [1.54, 1.807) is 23.5 Å². The Morgan fingerprint density at radius 3 is 2.31 bits per heavy atom. The van der Waals surface area contributed by atoms with E-state index < -0.39 is 10.1 Å². The molecule has 0 aliphatic carbocycles. The van der Waals surface area contributed by atoms with Crippen LogP contribution in [0, 0.1) is 6.92 Å². The highest BCUT2D eigenvalue weighted by Gasteiger charge is 2.39. The topological polar surface area (TPSA) is 79.7 Å². The van der Waals surface area contributed by atoms with E-state index in [9.17, 15) is 8.42 Å². The fraction of sp³-hybridized carbons (Fsp3) is 0.321. The number of aryl methyl sites for hydroxylation is 1. The molecule has 6 rings (SSSR count). The van der Waals surface area contributed by atoms with Crippen LogP contribution in [0.25, 0.3) is 21.2 Å². The van der Waals surface area contributed by atoms with Crippen LogP contribution < -0.4 is 4.74 Å². The van der Waals surface area contributed by atoms with Crippen molar-refractivity contribution in [1.29, 1.82) is 0 Å². The molecule has 8 heteroatoms. The van der Waals surface area contributed by atoms with Crippen LogP contribution in [-0.4, -0.2) is 48.1 Å². The lowest BCUT2D eigenvalue weighted by Gasteiger charge is -2.36. The maximum Gasteiger partial charge on any atom is 0.294 e. The summed E-state index contributed by atoms with van der Waals surface area (Å²) in [4.78, 5) is 7.05. The second kappa shape index (κ2) is 10.3. The monoisotopic (exact) mass is 522 g/mol. The fourth-order valence-corrected chi connectivity index (χ4v) is 6.36. The van der Waals surface area contributed by atoms with Crippen molar-refractivity contribution in [3.63, 3.8) is 0 Å². The molecule has 1 N–H and O–H groups in total. The molecule has 0 saturated carbocycles. The number of ether oxygens (including phenoxy) is 1. The summed E-state index contributed by atoms with van der Waals surface area (Å²) in [5.41, 5.74) is 3.31. The standard InChI is InChI=1S/C21H22N2OS.C7H8O3S/c1-23-17-4-5-18(23)12-19(11-17)24-21-7-3-16(13-22-21)14-2-6-20-15(10-14)8-9-25-20;1-6-2-4-7(5-3-6)11(8,9)10/h2-3,6-10,13,17-19H,4-5,11-12H2,1H3;2-5H,1H3,(H,8,9,10). The van der Waals surface area contributed by atoms with Crippen molar-refractivity contribution in [3.8, 4) is 17.0 Å². The highest BCUT2D eigenvalue weighted by Crippen LogP contribution is 2.36. The van der Waals surface area contributed by atoms with Crippen molar-refractivity contribution < 1.29 is 17.7 Å². The molecule has 36 heavy (non-hydrogen) atoms. The predicted octanol–water partition coefficient (Wildman–Crippen LogP) is 6.21. The van der Waals surface area contributed by atoms with E-state index in [2.05, 4.69) is 52.6 Å². The first kappa shape index (κ1) is 24.9. The second-order valence-corrected chi connectivity index (χ2v) is 12.0. The fourth-order valence-electron chi connectivity index (χ4n) is 5.11. The van der Waals surface area contributed by atoms with Crippen molar-refractivity contribution in [2.75, 3.05) is 7.05 Å². The second-order valence-electron chi connectivity index (χ2n) is 9.61. The summed E-state index contributed by atoms with van der Waals surface area (Å²) < 4.78 is 37.1. The zero-order valence-electron chi connectivity index (χ0n) is 20.4. The Labute approximate surface area is 216 Å². The molecule has 4 heterocycles. The molecular formula is C28H30N2O4S2. The SMILES string of the molecule is CN1C2CCC1CC(Oc1ccc(-c3ccc4sccc4c3)cn1)C2.Cc1ccc(S(=O)(=O)O)cc1. The lowest BCUT2D eigenvalue weighted by molar-refractivity contribution is 0.0633. The van der Waals surface area contributed by atoms with E-state index in [1.165, 1.54) is 40.6 Å². The van der Waals surface area contributed by atoms with Gasteiger partial charge in [-0.1, -0.05) is 23.8 Å². The zero-order valence-corrected chi connectivity index (χ0v) is 22.0. The van der Waals surface area contributed by atoms with Crippen LogP contribution in [0.3, 0.4) is 0 Å². The number of benzene rings is 2. The number of pyridine rings is 1. The summed E-state index contributed by atoms with van der Waals surface area (Å²) in [6, 6.07) is 20.3. The Bertz CT molecular complexity index is 1420. The number of rotatable bonds is 4. The minimum absolute atomic E-state index is 0.0666. The number of nitrogens with zero attached hydrogens (tertiary/aromatic N) is 2. The molecule has 2 unspecified atom stereocenters. The van der Waals surface area contributed by atoms with Crippen molar-refractivity contribution >= 4 is 31.5 Å². The van der Waals surface area contributed by atoms with E-state index in [0.717, 1.165) is 29.8 Å². The van der Waals surface area contributed by atoms with Crippen LogP contribution >= 0.6 is 11.3 Å². The molecule has 2 aliphatic rings. The van der Waals surface area contributed by atoms with Gasteiger partial charge in [-0.3, -0.25) is 4.55 Å². The molecule has 2 bridgehead atoms. The van der Waals surface area contributed by atoms with Gasteiger partial charge in [-0.2, -0.15) is 8.42 Å². The third-order valence-corrected chi connectivity index (χ3v) is 8.95. The number of fused-ring (bicyclic) bond motifs is 3. The van der Waals surface area contributed by atoms with Gasteiger partial charge in [-0.25, -0.2) is 4.98 Å². The van der Waals surface area contributed by atoms with Gasteiger partial charge in [-0.15, -0.1) is 11.3 Å². The van der Waals surface area contributed by atoms with Gasteiger partial charge in [0.15, 0.2) is 0 Å². The van der Waals surface area contributed by atoms with Crippen molar-refractivity contribution in [1.82, 2.24) is 9.88 Å². The van der Waals surface area contributed by atoms with Crippen LogP contribution in [0.4, 0.5) is 0 Å². The molecular weight excluding hydrogens is 492 g/mol. The highest BCUT2D eigenvalue weighted by molar-refractivity contribution is 7.85. The Morgan fingerprint density at radius 1 is 0.972 bits per heavy atom. The van der Waals surface area contributed by atoms with Gasteiger partial charge in [0.2, 0.25) is 5.88 Å². The maximum atomic E-state index is 10.5. The van der Waals surface area contributed by atoms with Gasteiger partial charge < -0.3 is 9.64 Å². The average molecular weight is 523 g/mol. The molecule has 6 nitrogen and oxygen atoms in total. The third-order valence-electron chi connectivity index (χ3n) is 7.18. The molecule has 0 radical (unpaired) electrons. The molecule has 2 saturated heterocycles. The lowest BCUT2D eigenvalue weighted by Crippen LogP contribution is -2.43. The zero-order chi connectivity index (χ0) is 25.3. The molecule has 0 spiro atoms. The molecule has 4 aromatic rings. The molecule has 2 fully saturated rings. The van der Waals surface area contributed by atoms with Gasteiger partial charge in [0, 0.05) is 34.6 Å². The van der Waals surface area contributed by atoms with Gasteiger partial charge in [0.25, 0.3) is 10.1 Å². The summed E-state index contributed by atoms with van der Waals surface area (Å²) in [6.45, 7) is 1.84. The largest absolute Gasteiger partial charge is 0.474 e. The van der Waals surface area contributed by atoms with Gasteiger partial charge in [-0.05, 0) is 92.4 Å². The lowest BCUT2D eigenvalue weighted by atomic mass is 10.0. The first-order valence-electron chi connectivity index (χ1n) is 12.1. The number of thiophene rings is 1. The summed E-state index contributed by atoms with van der Waals surface area (Å²) in [7, 11) is -1.76. The minimum Gasteiger partial charge on any atom is -0.474 e. The van der Waals surface area contributed by atoms with E-state index in [4.69, 9.17) is 9.29 Å². The van der Waals surface area contributed by atoms with E-state index in [-0.39, 0.29) is 4.90 Å². The summed E-state index contributed by atoms with van der Waals surface area (Å²) in [5.74, 6) is 0.759. The van der Waals surface area contributed by atoms with Crippen molar-refractivity contribution in [2.45, 2.75) is 55.7 Å². The normalized spacial score (nSPS) is 21.7. The number of hydrogen-bond acceptors (Lipinski definition) is 6. The van der Waals surface area contributed by atoms with Gasteiger partial charge in [0.1, 0.15) is 6.10 Å². The summed E-state index contributed by atoms with van der Waals surface area (Å²) >= 11 is 1.78. The molecule has 2 atom stereocenters. The van der Waals surface area contributed by atoms with Crippen LogP contribution in [0.5, 0.6) is 5.88 Å². The van der Waals surface area contributed by atoms with Crippen molar-refractivity contribution in [3.05, 3.63) is 77.8 Å². The van der Waals surface area contributed by atoms with Crippen molar-refractivity contribution in [2.24, 2.45) is 0 Å².